The SMILES string of the molecule is CCn1cc(C(C)NCC2CCN(C(C)C)C2)cn1. The lowest BCUT2D eigenvalue weighted by molar-refractivity contribution is 0.263. The Balaban J connectivity index is 1.76. The van der Waals surface area contributed by atoms with E-state index in [-0.39, 0.29) is 0 Å². The average molecular weight is 264 g/mol. The van der Waals surface area contributed by atoms with Crippen LogP contribution < -0.4 is 5.32 Å². The summed E-state index contributed by atoms with van der Waals surface area (Å²) >= 11 is 0. The van der Waals surface area contributed by atoms with Crippen LogP contribution in [0, 0.1) is 5.92 Å². The van der Waals surface area contributed by atoms with E-state index in [1.165, 1.54) is 25.1 Å². The summed E-state index contributed by atoms with van der Waals surface area (Å²) < 4.78 is 1.99. The molecule has 4 heteroatoms. The van der Waals surface area contributed by atoms with E-state index in [4.69, 9.17) is 0 Å². The van der Waals surface area contributed by atoms with E-state index in [2.05, 4.69) is 49.2 Å². The van der Waals surface area contributed by atoms with Crippen molar-refractivity contribution in [3.05, 3.63) is 18.0 Å². The maximum atomic E-state index is 4.34. The third-order valence-corrected chi connectivity index (χ3v) is 4.24. The molecular weight excluding hydrogens is 236 g/mol. The van der Waals surface area contributed by atoms with Crippen LogP contribution in [-0.4, -0.2) is 40.4 Å². The molecule has 2 heterocycles. The Bertz CT molecular complexity index is 385. The second-order valence-electron chi connectivity index (χ2n) is 6.00. The van der Waals surface area contributed by atoms with Crippen molar-refractivity contribution < 1.29 is 0 Å². The molecule has 1 aromatic heterocycles. The molecule has 0 radical (unpaired) electrons. The van der Waals surface area contributed by atoms with E-state index in [1.54, 1.807) is 0 Å². The van der Waals surface area contributed by atoms with Crippen molar-refractivity contribution in [1.82, 2.24) is 20.0 Å². The van der Waals surface area contributed by atoms with Crippen LogP contribution in [0.4, 0.5) is 0 Å². The van der Waals surface area contributed by atoms with Gasteiger partial charge in [-0.2, -0.15) is 5.10 Å². The van der Waals surface area contributed by atoms with Gasteiger partial charge in [-0.15, -0.1) is 0 Å². The van der Waals surface area contributed by atoms with E-state index < -0.39 is 0 Å². The molecule has 4 nitrogen and oxygen atoms in total. The highest BCUT2D eigenvalue weighted by Gasteiger charge is 2.24. The van der Waals surface area contributed by atoms with Gasteiger partial charge < -0.3 is 10.2 Å². The summed E-state index contributed by atoms with van der Waals surface area (Å²) in [6.07, 6.45) is 5.45. The number of hydrogen-bond donors (Lipinski definition) is 1. The predicted octanol–water partition coefficient (Wildman–Crippen LogP) is 2.28. The standard InChI is InChI=1S/C15H28N4/c1-5-19-11-15(9-17-19)13(4)16-8-14-6-7-18(10-14)12(2)3/h9,11-14,16H,5-8,10H2,1-4H3. The van der Waals surface area contributed by atoms with Gasteiger partial charge in [0.15, 0.2) is 0 Å². The maximum absolute atomic E-state index is 4.34. The number of hydrogen-bond acceptors (Lipinski definition) is 3. The first-order chi connectivity index (χ1) is 9.10. The van der Waals surface area contributed by atoms with Crippen molar-refractivity contribution in [2.45, 2.75) is 52.7 Å². The van der Waals surface area contributed by atoms with Crippen LogP contribution in [0.3, 0.4) is 0 Å². The summed E-state index contributed by atoms with van der Waals surface area (Å²) in [4.78, 5) is 2.58. The van der Waals surface area contributed by atoms with Gasteiger partial charge in [0, 0.05) is 36.9 Å². The summed E-state index contributed by atoms with van der Waals surface area (Å²) in [5.74, 6) is 0.797. The fraction of sp³-hybridized carbons (Fsp3) is 0.800. The smallest absolute Gasteiger partial charge is 0.0537 e. The summed E-state index contributed by atoms with van der Waals surface area (Å²) in [5, 5.41) is 8.00. The Labute approximate surface area is 117 Å². The van der Waals surface area contributed by atoms with Gasteiger partial charge in [0.1, 0.15) is 0 Å². The van der Waals surface area contributed by atoms with Crippen LogP contribution in [0.15, 0.2) is 12.4 Å². The minimum atomic E-state index is 0.397. The topological polar surface area (TPSA) is 33.1 Å². The molecule has 0 spiro atoms. The molecule has 1 aliphatic heterocycles. The third-order valence-electron chi connectivity index (χ3n) is 4.24. The molecule has 2 unspecified atom stereocenters. The van der Waals surface area contributed by atoms with Gasteiger partial charge in [-0.3, -0.25) is 4.68 Å². The highest BCUT2D eigenvalue weighted by Crippen LogP contribution is 2.19. The van der Waals surface area contributed by atoms with Crippen molar-refractivity contribution >= 4 is 0 Å². The Kier molecular flexibility index (Phi) is 4.99. The summed E-state index contributed by atoms with van der Waals surface area (Å²) in [7, 11) is 0. The highest BCUT2D eigenvalue weighted by atomic mass is 15.3. The largest absolute Gasteiger partial charge is 0.310 e. The fourth-order valence-corrected chi connectivity index (χ4v) is 2.74. The summed E-state index contributed by atoms with van der Waals surface area (Å²) in [6, 6.07) is 1.08. The molecular formula is C15H28N4. The minimum Gasteiger partial charge on any atom is -0.310 e. The van der Waals surface area contributed by atoms with E-state index >= 15 is 0 Å². The van der Waals surface area contributed by atoms with E-state index in [0.717, 1.165) is 19.0 Å². The molecule has 1 N–H and O–H groups in total. The van der Waals surface area contributed by atoms with Gasteiger partial charge in [0.05, 0.1) is 6.20 Å². The number of nitrogens with one attached hydrogen (secondary N) is 1. The molecule has 0 aliphatic carbocycles. The Morgan fingerprint density at radius 2 is 2.21 bits per heavy atom. The van der Waals surface area contributed by atoms with Crippen molar-refractivity contribution in [2.24, 2.45) is 5.92 Å². The Hall–Kier alpha value is -0.870. The minimum absolute atomic E-state index is 0.397. The highest BCUT2D eigenvalue weighted by molar-refractivity contribution is 5.09. The third kappa shape index (κ3) is 3.80. The number of nitrogens with zero attached hydrogens (tertiary/aromatic N) is 3. The van der Waals surface area contributed by atoms with Crippen molar-refractivity contribution in [3.8, 4) is 0 Å². The maximum Gasteiger partial charge on any atom is 0.0537 e. The van der Waals surface area contributed by atoms with Gasteiger partial charge in [0.25, 0.3) is 0 Å². The molecule has 19 heavy (non-hydrogen) atoms. The first kappa shape index (κ1) is 14.5. The molecule has 0 bridgehead atoms. The fourth-order valence-electron chi connectivity index (χ4n) is 2.74. The number of aromatic nitrogens is 2. The first-order valence-corrected chi connectivity index (χ1v) is 7.60. The first-order valence-electron chi connectivity index (χ1n) is 7.60. The summed E-state index contributed by atoms with van der Waals surface area (Å²) in [6.45, 7) is 13.5. The van der Waals surface area contributed by atoms with Crippen LogP contribution >= 0.6 is 0 Å². The molecule has 0 aromatic carbocycles. The van der Waals surface area contributed by atoms with E-state index in [0.29, 0.717) is 12.1 Å². The molecule has 1 saturated heterocycles. The second kappa shape index (κ2) is 6.53. The quantitative estimate of drug-likeness (QED) is 0.856. The van der Waals surface area contributed by atoms with E-state index in [1.807, 2.05) is 10.9 Å². The Morgan fingerprint density at radius 3 is 2.79 bits per heavy atom. The Morgan fingerprint density at radius 1 is 1.42 bits per heavy atom. The van der Waals surface area contributed by atoms with Crippen molar-refractivity contribution in [1.29, 1.82) is 0 Å². The van der Waals surface area contributed by atoms with Crippen molar-refractivity contribution in [2.75, 3.05) is 19.6 Å². The molecule has 108 valence electrons. The van der Waals surface area contributed by atoms with Gasteiger partial charge in [0.2, 0.25) is 0 Å². The molecule has 0 amide bonds. The van der Waals surface area contributed by atoms with E-state index in [9.17, 15) is 0 Å². The molecule has 1 aromatic rings. The molecule has 1 aliphatic rings. The van der Waals surface area contributed by atoms with Gasteiger partial charge in [-0.1, -0.05) is 0 Å². The zero-order valence-electron chi connectivity index (χ0n) is 12.8. The molecule has 0 saturated carbocycles. The zero-order valence-corrected chi connectivity index (χ0v) is 12.8. The number of aryl methyl sites for hydroxylation is 1. The predicted molar refractivity (Wildman–Crippen MR) is 79.1 cm³/mol. The zero-order chi connectivity index (χ0) is 13.8. The number of rotatable bonds is 6. The van der Waals surface area contributed by atoms with Gasteiger partial charge in [-0.05, 0) is 53.1 Å². The van der Waals surface area contributed by atoms with Crippen LogP contribution in [0.1, 0.15) is 45.7 Å². The molecule has 1 fully saturated rings. The molecule has 2 atom stereocenters. The van der Waals surface area contributed by atoms with Gasteiger partial charge in [-0.25, -0.2) is 0 Å². The van der Waals surface area contributed by atoms with Crippen LogP contribution in [0.2, 0.25) is 0 Å². The average Bonchev–Trinajstić information content (AvgIpc) is 3.04. The van der Waals surface area contributed by atoms with Crippen molar-refractivity contribution in [3.63, 3.8) is 0 Å². The lowest BCUT2D eigenvalue weighted by Gasteiger charge is -2.21. The number of likely N-dealkylation sites (tertiary alicyclic amines) is 1. The monoisotopic (exact) mass is 264 g/mol. The van der Waals surface area contributed by atoms with Crippen LogP contribution in [-0.2, 0) is 6.54 Å². The summed E-state index contributed by atoms with van der Waals surface area (Å²) in [5.41, 5.74) is 1.29. The molecule has 2 rings (SSSR count). The van der Waals surface area contributed by atoms with Gasteiger partial charge >= 0.3 is 0 Å². The van der Waals surface area contributed by atoms with Crippen LogP contribution in [0.5, 0.6) is 0 Å². The normalized spacial score (nSPS) is 22.3. The lowest BCUT2D eigenvalue weighted by Crippen LogP contribution is -2.31. The second-order valence-corrected chi connectivity index (χ2v) is 6.00. The van der Waals surface area contributed by atoms with Crippen LogP contribution in [0.25, 0.3) is 0 Å². The lowest BCUT2D eigenvalue weighted by atomic mass is 10.1.